The summed E-state index contributed by atoms with van der Waals surface area (Å²) >= 11 is 0. The molecule has 43 heavy (non-hydrogen) atoms. The molecule has 2 aliphatic rings. The van der Waals surface area contributed by atoms with Gasteiger partial charge in [0.05, 0.1) is 31.1 Å². The third kappa shape index (κ3) is 13.0. The molecule has 0 spiro atoms. The Morgan fingerprint density at radius 1 is 0.977 bits per heavy atom. The molecule has 0 atom stereocenters. The highest BCUT2D eigenvalue weighted by Crippen LogP contribution is 2.32. The first kappa shape index (κ1) is 33.9. The molecular weight excluding hydrogens is 571 g/mol. The fourth-order valence-electron chi connectivity index (χ4n) is 3.92. The van der Waals surface area contributed by atoms with E-state index in [0.29, 0.717) is 35.4 Å². The Morgan fingerprint density at radius 2 is 1.65 bits per heavy atom. The van der Waals surface area contributed by atoms with Gasteiger partial charge in [-0.3, -0.25) is 9.59 Å². The van der Waals surface area contributed by atoms with Crippen molar-refractivity contribution in [1.29, 1.82) is 0 Å². The molecule has 5 rings (SSSR count). The second-order valence-electron chi connectivity index (χ2n) is 11.1. The van der Waals surface area contributed by atoms with Crippen LogP contribution in [-0.2, 0) is 17.9 Å². The third-order valence-electron chi connectivity index (χ3n) is 6.52. The Balaban J connectivity index is 0.000000382. The maximum Gasteiger partial charge on any atom is 0.389 e. The summed E-state index contributed by atoms with van der Waals surface area (Å²) in [5.41, 5.74) is 2.79. The van der Waals surface area contributed by atoms with E-state index in [1.165, 1.54) is 30.0 Å². The van der Waals surface area contributed by atoms with Gasteiger partial charge in [0.25, 0.3) is 5.91 Å². The van der Waals surface area contributed by atoms with E-state index in [4.69, 9.17) is 0 Å². The number of nitrogens with one attached hydrogen (secondary N) is 2. The lowest BCUT2D eigenvalue weighted by molar-refractivity contribution is -0.144. The number of imidazole rings is 1. The zero-order valence-electron chi connectivity index (χ0n) is 24.5. The minimum Gasteiger partial charge on any atom is -0.352 e. The molecule has 236 valence electrons. The van der Waals surface area contributed by atoms with E-state index in [-0.39, 0.29) is 37.8 Å². The largest absolute Gasteiger partial charge is 0.389 e. The molecular formula is C30H39F5N6O2. The number of hydrogen-bond acceptors (Lipinski definition) is 5. The first-order valence-electron chi connectivity index (χ1n) is 14.6. The van der Waals surface area contributed by atoms with E-state index in [9.17, 15) is 31.5 Å². The van der Waals surface area contributed by atoms with Crippen molar-refractivity contribution in [2.75, 3.05) is 0 Å². The van der Waals surface area contributed by atoms with E-state index in [1.807, 2.05) is 19.9 Å². The van der Waals surface area contributed by atoms with Crippen LogP contribution in [0.4, 0.5) is 22.0 Å². The Hall–Kier alpha value is -3.64. The second kappa shape index (κ2) is 15.7. The zero-order valence-corrected chi connectivity index (χ0v) is 24.5. The van der Waals surface area contributed by atoms with Crippen LogP contribution in [0.1, 0.15) is 111 Å². The SMILES string of the molecule is C1CC1.CC(C)c1cccc(C(=O)NCc2cn3ncc(CNC(=O)CCC(F)(F)F)cc3n2)n1.FC1(F)CCCCC1. The summed E-state index contributed by atoms with van der Waals surface area (Å²) in [4.78, 5) is 32.7. The van der Waals surface area contributed by atoms with Gasteiger partial charge in [0.2, 0.25) is 11.8 Å². The van der Waals surface area contributed by atoms with Crippen molar-refractivity contribution in [2.45, 2.75) is 109 Å². The number of alkyl halides is 5. The number of nitrogens with zero attached hydrogens (tertiary/aromatic N) is 4. The molecule has 8 nitrogen and oxygen atoms in total. The fraction of sp³-hybridized carbons (Fsp3) is 0.567. The van der Waals surface area contributed by atoms with Crippen molar-refractivity contribution < 1.29 is 31.5 Å². The molecule has 3 aromatic heterocycles. The summed E-state index contributed by atoms with van der Waals surface area (Å²) in [7, 11) is 0. The molecule has 2 fully saturated rings. The van der Waals surface area contributed by atoms with Crippen LogP contribution >= 0.6 is 0 Å². The summed E-state index contributed by atoms with van der Waals surface area (Å²) < 4.78 is 62.5. The fourth-order valence-corrected chi connectivity index (χ4v) is 3.92. The number of hydrogen-bond donors (Lipinski definition) is 2. The average molecular weight is 611 g/mol. The molecule has 2 amide bonds. The van der Waals surface area contributed by atoms with Gasteiger partial charge < -0.3 is 10.6 Å². The predicted molar refractivity (Wildman–Crippen MR) is 152 cm³/mol. The molecule has 2 saturated carbocycles. The van der Waals surface area contributed by atoms with Crippen LogP contribution in [0.5, 0.6) is 0 Å². The number of rotatable bonds is 8. The number of pyridine rings is 1. The van der Waals surface area contributed by atoms with Crippen molar-refractivity contribution in [2.24, 2.45) is 0 Å². The average Bonchev–Trinajstić information content (AvgIpc) is 3.79. The van der Waals surface area contributed by atoms with Crippen molar-refractivity contribution in [3.05, 3.63) is 59.3 Å². The first-order valence-corrected chi connectivity index (χ1v) is 14.6. The van der Waals surface area contributed by atoms with Crippen LogP contribution in [0.15, 0.2) is 36.7 Å². The maximum absolute atomic E-state index is 12.4. The topological polar surface area (TPSA) is 101 Å². The molecule has 2 N–H and O–H groups in total. The summed E-state index contributed by atoms with van der Waals surface area (Å²) in [5.74, 6) is -3.13. The molecule has 13 heteroatoms. The Bertz CT molecular complexity index is 1330. The van der Waals surface area contributed by atoms with Crippen LogP contribution in [0.2, 0.25) is 0 Å². The van der Waals surface area contributed by atoms with Crippen molar-refractivity contribution in [1.82, 2.24) is 30.2 Å². The summed E-state index contributed by atoms with van der Waals surface area (Å²) in [5, 5.41) is 9.38. The zero-order chi connectivity index (χ0) is 31.5. The lowest BCUT2D eigenvalue weighted by Gasteiger charge is -2.20. The molecule has 0 aliphatic heterocycles. The van der Waals surface area contributed by atoms with Gasteiger partial charge in [-0.2, -0.15) is 18.3 Å². The van der Waals surface area contributed by atoms with Crippen LogP contribution in [0.3, 0.4) is 0 Å². The highest BCUT2D eigenvalue weighted by molar-refractivity contribution is 5.92. The minimum atomic E-state index is -4.37. The van der Waals surface area contributed by atoms with Crippen molar-refractivity contribution >= 4 is 17.5 Å². The smallest absolute Gasteiger partial charge is 0.352 e. The summed E-state index contributed by atoms with van der Waals surface area (Å²) in [6.07, 6.45) is 4.15. The van der Waals surface area contributed by atoms with Gasteiger partial charge in [0.1, 0.15) is 5.69 Å². The van der Waals surface area contributed by atoms with Gasteiger partial charge in [0, 0.05) is 31.5 Å². The first-order chi connectivity index (χ1) is 20.3. The highest BCUT2D eigenvalue weighted by atomic mass is 19.4. The number of fused-ring (bicyclic) bond motifs is 1. The molecule has 3 heterocycles. The quantitative estimate of drug-likeness (QED) is 0.271. The molecule has 0 saturated heterocycles. The molecule has 0 radical (unpaired) electrons. The van der Waals surface area contributed by atoms with E-state index in [1.54, 1.807) is 24.4 Å². The van der Waals surface area contributed by atoms with E-state index in [0.717, 1.165) is 12.1 Å². The number of carbonyl (C=O) groups is 2. The molecule has 0 aromatic carbocycles. The predicted octanol–water partition coefficient (Wildman–Crippen LogP) is 6.89. The van der Waals surface area contributed by atoms with Crippen LogP contribution in [-0.4, -0.2) is 43.5 Å². The summed E-state index contributed by atoms with van der Waals surface area (Å²) in [6.45, 7) is 4.20. The number of halogens is 5. The minimum absolute atomic E-state index is 0.0387. The van der Waals surface area contributed by atoms with Crippen LogP contribution in [0.25, 0.3) is 5.65 Å². The Labute approximate surface area is 247 Å². The van der Waals surface area contributed by atoms with Crippen LogP contribution < -0.4 is 10.6 Å². The van der Waals surface area contributed by atoms with Crippen LogP contribution in [0, 0.1) is 0 Å². The van der Waals surface area contributed by atoms with Gasteiger partial charge in [-0.25, -0.2) is 23.3 Å². The van der Waals surface area contributed by atoms with E-state index >= 15 is 0 Å². The number of aromatic nitrogens is 4. The lowest BCUT2D eigenvalue weighted by atomic mass is 9.97. The van der Waals surface area contributed by atoms with Gasteiger partial charge in [-0.1, -0.05) is 45.6 Å². The lowest BCUT2D eigenvalue weighted by Crippen LogP contribution is -2.24. The normalized spacial score (nSPS) is 15.5. The molecule has 2 aliphatic carbocycles. The van der Waals surface area contributed by atoms with Gasteiger partial charge in [0.15, 0.2) is 5.65 Å². The maximum atomic E-state index is 12.4. The summed E-state index contributed by atoms with van der Waals surface area (Å²) in [6, 6.07) is 6.96. The van der Waals surface area contributed by atoms with Crippen molar-refractivity contribution in [3.8, 4) is 0 Å². The monoisotopic (exact) mass is 610 g/mol. The molecule has 3 aromatic rings. The Morgan fingerprint density at radius 3 is 2.23 bits per heavy atom. The van der Waals surface area contributed by atoms with Crippen molar-refractivity contribution in [3.63, 3.8) is 0 Å². The molecule has 0 bridgehead atoms. The third-order valence-corrected chi connectivity index (χ3v) is 6.52. The molecule has 0 unspecified atom stereocenters. The Kier molecular flexibility index (Phi) is 12.4. The van der Waals surface area contributed by atoms with Gasteiger partial charge in [-0.15, -0.1) is 0 Å². The van der Waals surface area contributed by atoms with Gasteiger partial charge >= 0.3 is 6.18 Å². The van der Waals surface area contributed by atoms with E-state index < -0.39 is 30.8 Å². The van der Waals surface area contributed by atoms with Gasteiger partial charge in [-0.05, 0) is 42.5 Å². The highest BCUT2D eigenvalue weighted by Gasteiger charge is 2.30. The number of amides is 2. The number of carbonyl (C=O) groups excluding carboxylic acids is 2. The second-order valence-corrected chi connectivity index (χ2v) is 11.1. The van der Waals surface area contributed by atoms with E-state index in [2.05, 4.69) is 25.7 Å². The standard InChI is InChI=1S/C21H23F3N6O2.C6H10F2.C3H6/c1-13(2)16-4-3-5-17(29-16)20(32)26-11-15-12-30-18(28-15)8-14(10-27-30)9-25-19(31)6-7-21(22,23)24;7-6(8)4-2-1-3-5-6;1-2-3-1/h3-5,8,10,12-13H,6-7,9,11H2,1-2H3,(H,25,31)(H,26,32);1-5H2;1-3H2.